The van der Waals surface area contributed by atoms with Crippen LogP contribution in [-0.2, 0) is 20.9 Å². The lowest BCUT2D eigenvalue weighted by molar-refractivity contribution is -0.123. The molecule has 0 unspecified atom stereocenters. The van der Waals surface area contributed by atoms with Gasteiger partial charge in [0.25, 0.3) is 11.8 Å². The van der Waals surface area contributed by atoms with Gasteiger partial charge in [0.1, 0.15) is 17.3 Å². The first-order chi connectivity index (χ1) is 19.2. The molecule has 0 atom stereocenters. The van der Waals surface area contributed by atoms with Gasteiger partial charge < -0.3 is 29.3 Å². The summed E-state index contributed by atoms with van der Waals surface area (Å²) >= 11 is 6.42. The normalized spacial score (nSPS) is 13.8. The largest absolute Gasteiger partial charge is 0.490 e. The number of benzene rings is 2. The topological polar surface area (TPSA) is 136 Å². The summed E-state index contributed by atoms with van der Waals surface area (Å²) in [4.78, 5) is 50.2. The molecule has 1 aliphatic heterocycles. The van der Waals surface area contributed by atoms with Gasteiger partial charge in [0.15, 0.2) is 18.1 Å². The number of furan rings is 1. The van der Waals surface area contributed by atoms with E-state index in [1.165, 1.54) is 61.7 Å². The lowest BCUT2D eigenvalue weighted by Crippen LogP contribution is -2.30. The van der Waals surface area contributed by atoms with Crippen LogP contribution in [0, 0.1) is 5.82 Å². The summed E-state index contributed by atoms with van der Waals surface area (Å²) in [5, 5.41) is 5.15. The van der Waals surface area contributed by atoms with E-state index in [9.17, 15) is 23.6 Å². The fourth-order valence-electron chi connectivity index (χ4n) is 3.65. The van der Waals surface area contributed by atoms with Crippen molar-refractivity contribution in [3.05, 3.63) is 82.2 Å². The highest BCUT2D eigenvalue weighted by atomic mass is 35.5. The van der Waals surface area contributed by atoms with Gasteiger partial charge in [-0.15, -0.1) is 0 Å². The third-order valence-electron chi connectivity index (χ3n) is 5.44. The number of esters is 1. The molecule has 208 valence electrons. The Kier molecular flexibility index (Phi) is 8.70. The number of halogens is 2. The van der Waals surface area contributed by atoms with E-state index in [0.717, 1.165) is 4.90 Å². The Morgan fingerprint density at radius 1 is 1.12 bits per heavy atom. The Hall–Kier alpha value is -4.84. The Morgan fingerprint density at radius 3 is 2.58 bits per heavy atom. The Bertz CT molecular complexity index is 1490. The van der Waals surface area contributed by atoms with Crippen molar-refractivity contribution in [1.29, 1.82) is 0 Å². The van der Waals surface area contributed by atoms with Gasteiger partial charge in [0, 0.05) is 5.69 Å². The van der Waals surface area contributed by atoms with E-state index in [4.69, 9.17) is 25.5 Å². The molecule has 2 heterocycles. The number of anilines is 1. The summed E-state index contributed by atoms with van der Waals surface area (Å²) in [5.41, 5.74) is 0.769. The van der Waals surface area contributed by atoms with Crippen molar-refractivity contribution in [1.82, 2.24) is 10.2 Å². The van der Waals surface area contributed by atoms with E-state index in [2.05, 4.69) is 15.4 Å². The van der Waals surface area contributed by atoms with Gasteiger partial charge >= 0.3 is 12.0 Å². The van der Waals surface area contributed by atoms with Crippen LogP contribution in [0.25, 0.3) is 6.08 Å². The Morgan fingerprint density at radius 2 is 1.88 bits per heavy atom. The number of nitrogens with one attached hydrogen (secondary N) is 2. The Balaban J connectivity index is 1.47. The first-order valence-electron chi connectivity index (χ1n) is 11.8. The number of carbonyl (C=O) groups excluding carboxylic acids is 4. The number of nitrogens with zero attached hydrogens (tertiary/aromatic N) is 1. The van der Waals surface area contributed by atoms with Gasteiger partial charge in [0.2, 0.25) is 5.76 Å². The molecular formula is C27H23ClFN3O8. The standard InChI is InChI=1S/C27H23ClFN3O8/c1-3-38-22-12-15(10-19(28)24(22)39-14-23(33)30-17-6-4-16(29)5-7-17)11-20-25(34)32(27(36)31-20)13-18-8-9-21(40-18)26(35)37-2/h4-12H,3,13-14H2,1-2H3,(H,30,33)(H,31,36)/b20-11-. The van der Waals surface area contributed by atoms with Crippen LogP contribution in [0.15, 0.2) is 58.6 Å². The van der Waals surface area contributed by atoms with Crippen LogP contribution in [0.5, 0.6) is 11.5 Å². The van der Waals surface area contributed by atoms with Gasteiger partial charge in [-0.3, -0.25) is 14.5 Å². The maximum Gasteiger partial charge on any atom is 0.373 e. The molecule has 11 nitrogen and oxygen atoms in total. The molecule has 1 aromatic heterocycles. The molecule has 0 aliphatic carbocycles. The van der Waals surface area contributed by atoms with Gasteiger partial charge in [0.05, 0.1) is 25.3 Å². The predicted octanol–water partition coefficient (Wildman–Crippen LogP) is 4.37. The molecule has 1 saturated heterocycles. The van der Waals surface area contributed by atoms with Crippen molar-refractivity contribution >= 4 is 47.2 Å². The Labute approximate surface area is 232 Å². The van der Waals surface area contributed by atoms with Crippen LogP contribution in [0.1, 0.15) is 28.8 Å². The van der Waals surface area contributed by atoms with E-state index < -0.39 is 36.2 Å². The molecule has 3 aromatic rings. The maximum atomic E-state index is 13.1. The average molecular weight is 572 g/mol. The summed E-state index contributed by atoms with van der Waals surface area (Å²) in [5.74, 6) is -1.81. The fourth-order valence-corrected chi connectivity index (χ4v) is 3.93. The number of ether oxygens (including phenoxy) is 3. The van der Waals surface area contributed by atoms with Gasteiger partial charge in [-0.2, -0.15) is 0 Å². The number of imide groups is 1. The zero-order valence-electron chi connectivity index (χ0n) is 21.3. The van der Waals surface area contributed by atoms with Crippen LogP contribution in [0.2, 0.25) is 5.02 Å². The maximum absolute atomic E-state index is 13.1. The van der Waals surface area contributed by atoms with Crippen LogP contribution in [0.4, 0.5) is 14.9 Å². The molecule has 1 aliphatic rings. The van der Waals surface area contributed by atoms with Crippen molar-refractivity contribution < 1.29 is 42.2 Å². The zero-order valence-corrected chi connectivity index (χ0v) is 22.0. The molecule has 0 saturated carbocycles. The lowest BCUT2D eigenvalue weighted by atomic mass is 10.1. The second kappa shape index (κ2) is 12.3. The third kappa shape index (κ3) is 6.59. The molecule has 0 spiro atoms. The van der Waals surface area contributed by atoms with Gasteiger partial charge in [-0.1, -0.05) is 11.6 Å². The molecule has 40 heavy (non-hydrogen) atoms. The van der Waals surface area contributed by atoms with Crippen molar-refractivity contribution in [2.45, 2.75) is 13.5 Å². The predicted molar refractivity (Wildman–Crippen MR) is 140 cm³/mol. The van der Waals surface area contributed by atoms with E-state index in [0.29, 0.717) is 11.3 Å². The molecule has 0 bridgehead atoms. The summed E-state index contributed by atoms with van der Waals surface area (Å²) in [6.07, 6.45) is 1.40. The fraction of sp³-hybridized carbons (Fsp3) is 0.185. The number of urea groups is 1. The lowest BCUT2D eigenvalue weighted by Gasteiger charge is -2.14. The smallest absolute Gasteiger partial charge is 0.373 e. The second-order valence-corrected chi connectivity index (χ2v) is 8.65. The molecule has 4 amide bonds. The van der Waals surface area contributed by atoms with Crippen LogP contribution >= 0.6 is 11.6 Å². The van der Waals surface area contributed by atoms with Crippen LogP contribution in [0.3, 0.4) is 0 Å². The minimum Gasteiger partial charge on any atom is -0.490 e. The van der Waals surface area contributed by atoms with E-state index in [1.54, 1.807) is 6.92 Å². The summed E-state index contributed by atoms with van der Waals surface area (Å²) in [6.45, 7) is 1.36. The van der Waals surface area contributed by atoms with E-state index >= 15 is 0 Å². The zero-order chi connectivity index (χ0) is 28.8. The quantitative estimate of drug-likeness (QED) is 0.208. The SMILES string of the molecule is CCOc1cc(/C=C2\NC(=O)N(Cc3ccc(C(=O)OC)o3)C2=O)cc(Cl)c1OCC(=O)Nc1ccc(F)cc1. The average Bonchev–Trinajstić information content (AvgIpc) is 3.49. The van der Waals surface area contributed by atoms with Crippen molar-refractivity contribution in [2.24, 2.45) is 0 Å². The van der Waals surface area contributed by atoms with Crippen molar-refractivity contribution in [2.75, 3.05) is 25.6 Å². The van der Waals surface area contributed by atoms with Gasteiger partial charge in [-0.25, -0.2) is 14.0 Å². The van der Waals surface area contributed by atoms with Crippen molar-refractivity contribution in [3.8, 4) is 11.5 Å². The molecule has 2 N–H and O–H groups in total. The highest BCUT2D eigenvalue weighted by Crippen LogP contribution is 2.37. The highest BCUT2D eigenvalue weighted by Gasteiger charge is 2.34. The minimum atomic E-state index is -0.688. The molecular weight excluding hydrogens is 549 g/mol. The summed E-state index contributed by atoms with van der Waals surface area (Å²) < 4.78 is 34.2. The highest BCUT2D eigenvalue weighted by molar-refractivity contribution is 6.32. The number of hydrogen-bond donors (Lipinski definition) is 2. The minimum absolute atomic E-state index is 0.0318. The molecule has 0 radical (unpaired) electrons. The first-order valence-corrected chi connectivity index (χ1v) is 12.2. The number of hydrogen-bond acceptors (Lipinski definition) is 8. The molecule has 1 fully saturated rings. The number of amides is 4. The van der Waals surface area contributed by atoms with Gasteiger partial charge in [-0.05, 0) is 67.1 Å². The molecule has 2 aromatic carbocycles. The molecule has 4 rings (SSSR count). The number of rotatable bonds is 10. The second-order valence-electron chi connectivity index (χ2n) is 8.24. The first kappa shape index (κ1) is 28.2. The summed E-state index contributed by atoms with van der Waals surface area (Å²) in [7, 11) is 1.20. The summed E-state index contributed by atoms with van der Waals surface area (Å²) in [6, 6.07) is 10.4. The monoisotopic (exact) mass is 571 g/mol. The van der Waals surface area contributed by atoms with Crippen LogP contribution < -0.4 is 20.1 Å². The van der Waals surface area contributed by atoms with Crippen LogP contribution in [-0.4, -0.2) is 49.0 Å². The number of methoxy groups -OCH3 is 1. The van der Waals surface area contributed by atoms with Crippen molar-refractivity contribution in [3.63, 3.8) is 0 Å². The molecule has 13 heteroatoms. The third-order valence-corrected chi connectivity index (χ3v) is 5.72. The van der Waals surface area contributed by atoms with E-state index in [-0.39, 0.29) is 46.9 Å². The van der Waals surface area contributed by atoms with E-state index in [1.807, 2.05) is 0 Å². The number of carbonyl (C=O) groups is 4.